The van der Waals surface area contributed by atoms with Gasteiger partial charge in [-0.2, -0.15) is 0 Å². The van der Waals surface area contributed by atoms with Crippen molar-refractivity contribution < 1.29 is 19.1 Å². The van der Waals surface area contributed by atoms with Crippen molar-refractivity contribution in [2.45, 2.75) is 13.5 Å². The van der Waals surface area contributed by atoms with Gasteiger partial charge in [-0.1, -0.05) is 30.3 Å². The molecule has 0 saturated heterocycles. The minimum Gasteiger partial charge on any atom is -0.496 e. The first-order chi connectivity index (χ1) is 13.6. The minimum atomic E-state index is -0.464. The van der Waals surface area contributed by atoms with E-state index in [-0.39, 0.29) is 12.4 Å². The number of methoxy groups -OCH3 is 1. The van der Waals surface area contributed by atoms with Gasteiger partial charge < -0.3 is 14.8 Å². The molecule has 5 nitrogen and oxygen atoms in total. The molecule has 3 rings (SSSR count). The Morgan fingerprint density at radius 2 is 1.64 bits per heavy atom. The molecule has 0 aliphatic carbocycles. The summed E-state index contributed by atoms with van der Waals surface area (Å²) in [6, 6.07) is 21.8. The maximum absolute atomic E-state index is 12.7. The molecule has 0 spiro atoms. The number of para-hydroxylation sites is 2. The zero-order chi connectivity index (χ0) is 19.9. The van der Waals surface area contributed by atoms with Crippen molar-refractivity contribution in [3.8, 4) is 5.75 Å². The van der Waals surface area contributed by atoms with Crippen LogP contribution in [0.2, 0.25) is 0 Å². The highest BCUT2D eigenvalue weighted by Gasteiger charge is 2.15. The standard InChI is InChI=1S/C23H21NO4/c1-16(25)17-12-13-22(27-2)18(14-17)15-28-23(26)20-10-6-7-11-21(20)24-19-8-4-3-5-9-19/h3-14,24H,15H2,1-2H3. The lowest BCUT2D eigenvalue weighted by molar-refractivity contribution is 0.0471. The number of carbonyl (C=O) groups is 2. The first-order valence-corrected chi connectivity index (χ1v) is 8.84. The number of carbonyl (C=O) groups excluding carboxylic acids is 2. The SMILES string of the molecule is COc1ccc(C(C)=O)cc1COC(=O)c1ccccc1Nc1ccccc1. The van der Waals surface area contributed by atoms with Crippen LogP contribution in [0.5, 0.6) is 5.75 Å². The van der Waals surface area contributed by atoms with Crippen LogP contribution in [0.4, 0.5) is 11.4 Å². The van der Waals surface area contributed by atoms with Crippen LogP contribution in [-0.2, 0) is 11.3 Å². The Morgan fingerprint density at radius 3 is 2.36 bits per heavy atom. The summed E-state index contributed by atoms with van der Waals surface area (Å²) in [5, 5.41) is 3.23. The highest BCUT2D eigenvalue weighted by Crippen LogP contribution is 2.24. The van der Waals surface area contributed by atoms with Crippen LogP contribution < -0.4 is 10.1 Å². The number of hydrogen-bond acceptors (Lipinski definition) is 5. The Labute approximate surface area is 163 Å². The van der Waals surface area contributed by atoms with Crippen molar-refractivity contribution >= 4 is 23.1 Å². The van der Waals surface area contributed by atoms with Gasteiger partial charge in [-0.15, -0.1) is 0 Å². The molecule has 0 saturated carbocycles. The molecule has 142 valence electrons. The van der Waals surface area contributed by atoms with Gasteiger partial charge in [-0.05, 0) is 49.4 Å². The Morgan fingerprint density at radius 1 is 0.929 bits per heavy atom. The van der Waals surface area contributed by atoms with Crippen LogP contribution in [0.1, 0.15) is 33.2 Å². The van der Waals surface area contributed by atoms with E-state index >= 15 is 0 Å². The highest BCUT2D eigenvalue weighted by atomic mass is 16.5. The van der Waals surface area contributed by atoms with Gasteiger partial charge in [0, 0.05) is 16.8 Å². The van der Waals surface area contributed by atoms with Crippen molar-refractivity contribution in [3.05, 3.63) is 89.5 Å². The van der Waals surface area contributed by atoms with E-state index in [1.165, 1.54) is 14.0 Å². The smallest absolute Gasteiger partial charge is 0.340 e. The number of esters is 1. The quantitative estimate of drug-likeness (QED) is 0.465. The minimum absolute atomic E-state index is 0.00278. The van der Waals surface area contributed by atoms with Crippen LogP contribution in [0.3, 0.4) is 0 Å². The van der Waals surface area contributed by atoms with Gasteiger partial charge in [0.15, 0.2) is 5.78 Å². The van der Waals surface area contributed by atoms with E-state index in [1.807, 2.05) is 42.5 Å². The second-order valence-corrected chi connectivity index (χ2v) is 6.20. The van der Waals surface area contributed by atoms with Crippen molar-refractivity contribution in [2.75, 3.05) is 12.4 Å². The largest absolute Gasteiger partial charge is 0.496 e. The monoisotopic (exact) mass is 375 g/mol. The average molecular weight is 375 g/mol. The zero-order valence-electron chi connectivity index (χ0n) is 15.8. The van der Waals surface area contributed by atoms with Gasteiger partial charge in [0.2, 0.25) is 0 Å². The van der Waals surface area contributed by atoms with Crippen molar-refractivity contribution in [3.63, 3.8) is 0 Å². The number of ether oxygens (including phenoxy) is 2. The molecule has 0 unspecified atom stereocenters. The van der Waals surface area contributed by atoms with E-state index in [2.05, 4.69) is 5.32 Å². The summed E-state index contributed by atoms with van der Waals surface area (Å²) in [5.74, 6) is 0.0374. The lowest BCUT2D eigenvalue weighted by atomic mass is 10.1. The molecule has 0 atom stereocenters. The van der Waals surface area contributed by atoms with E-state index in [4.69, 9.17) is 9.47 Å². The van der Waals surface area contributed by atoms with Gasteiger partial charge in [0.1, 0.15) is 12.4 Å². The summed E-state index contributed by atoms with van der Waals surface area (Å²) in [6.45, 7) is 1.49. The summed E-state index contributed by atoms with van der Waals surface area (Å²) in [4.78, 5) is 24.3. The van der Waals surface area contributed by atoms with Crippen LogP contribution >= 0.6 is 0 Å². The number of Topliss-reactive ketones (excluding diaryl/α,β-unsaturated/α-hetero) is 1. The molecular weight excluding hydrogens is 354 g/mol. The molecule has 0 bridgehead atoms. The van der Waals surface area contributed by atoms with E-state index in [9.17, 15) is 9.59 Å². The number of benzene rings is 3. The Balaban J connectivity index is 1.77. The van der Waals surface area contributed by atoms with Crippen LogP contribution in [0.25, 0.3) is 0 Å². The summed E-state index contributed by atoms with van der Waals surface area (Å²) in [6.07, 6.45) is 0. The normalized spacial score (nSPS) is 10.2. The van der Waals surface area contributed by atoms with E-state index in [0.29, 0.717) is 28.1 Å². The molecule has 3 aromatic carbocycles. The van der Waals surface area contributed by atoms with Crippen molar-refractivity contribution in [1.82, 2.24) is 0 Å². The fourth-order valence-corrected chi connectivity index (χ4v) is 2.78. The average Bonchev–Trinajstić information content (AvgIpc) is 2.73. The lowest BCUT2D eigenvalue weighted by Gasteiger charge is -2.13. The van der Waals surface area contributed by atoms with Gasteiger partial charge in [0.05, 0.1) is 18.4 Å². The second kappa shape index (κ2) is 8.86. The molecule has 0 aliphatic rings. The maximum atomic E-state index is 12.7. The molecular formula is C23H21NO4. The van der Waals surface area contributed by atoms with E-state index in [0.717, 1.165) is 5.69 Å². The van der Waals surface area contributed by atoms with Gasteiger partial charge in [-0.25, -0.2) is 4.79 Å². The summed E-state index contributed by atoms with van der Waals surface area (Å²) in [5.41, 5.74) is 3.13. The molecule has 0 radical (unpaired) electrons. The first kappa shape index (κ1) is 19.2. The Hall–Kier alpha value is -3.60. The third-order valence-corrected chi connectivity index (χ3v) is 4.25. The molecule has 0 amide bonds. The first-order valence-electron chi connectivity index (χ1n) is 8.84. The van der Waals surface area contributed by atoms with Crippen LogP contribution in [-0.4, -0.2) is 18.9 Å². The molecule has 0 heterocycles. The molecule has 1 N–H and O–H groups in total. The third kappa shape index (κ3) is 4.57. The number of ketones is 1. The fourth-order valence-electron chi connectivity index (χ4n) is 2.78. The lowest BCUT2D eigenvalue weighted by Crippen LogP contribution is -2.09. The Kier molecular flexibility index (Phi) is 6.07. The number of rotatable bonds is 7. The number of anilines is 2. The van der Waals surface area contributed by atoms with E-state index in [1.54, 1.807) is 30.3 Å². The second-order valence-electron chi connectivity index (χ2n) is 6.20. The highest BCUT2D eigenvalue weighted by molar-refractivity contribution is 5.96. The van der Waals surface area contributed by atoms with Gasteiger partial charge in [0.25, 0.3) is 0 Å². The maximum Gasteiger partial charge on any atom is 0.340 e. The molecule has 28 heavy (non-hydrogen) atoms. The molecule has 3 aromatic rings. The van der Waals surface area contributed by atoms with Crippen molar-refractivity contribution in [1.29, 1.82) is 0 Å². The fraction of sp³-hybridized carbons (Fsp3) is 0.130. The van der Waals surface area contributed by atoms with Gasteiger partial charge in [-0.3, -0.25) is 4.79 Å². The molecule has 0 fully saturated rings. The predicted octanol–water partition coefficient (Wildman–Crippen LogP) is 5.00. The topological polar surface area (TPSA) is 64.6 Å². The van der Waals surface area contributed by atoms with Crippen LogP contribution in [0, 0.1) is 0 Å². The summed E-state index contributed by atoms with van der Waals surface area (Å²) in [7, 11) is 1.53. The molecule has 5 heteroatoms. The Bertz CT molecular complexity index is 983. The van der Waals surface area contributed by atoms with Crippen molar-refractivity contribution in [2.24, 2.45) is 0 Å². The van der Waals surface area contributed by atoms with Crippen LogP contribution in [0.15, 0.2) is 72.8 Å². The molecule has 0 aromatic heterocycles. The number of hydrogen-bond donors (Lipinski definition) is 1. The van der Waals surface area contributed by atoms with E-state index < -0.39 is 5.97 Å². The third-order valence-electron chi connectivity index (χ3n) is 4.25. The zero-order valence-corrected chi connectivity index (χ0v) is 15.8. The number of nitrogens with one attached hydrogen (secondary N) is 1. The van der Waals surface area contributed by atoms with Gasteiger partial charge >= 0.3 is 5.97 Å². The summed E-state index contributed by atoms with van der Waals surface area (Å²) >= 11 is 0. The summed E-state index contributed by atoms with van der Waals surface area (Å²) < 4.78 is 10.8. The predicted molar refractivity (Wildman–Crippen MR) is 108 cm³/mol. The molecule has 0 aliphatic heterocycles.